The van der Waals surface area contributed by atoms with E-state index in [1.165, 1.54) is 25.7 Å². The van der Waals surface area contributed by atoms with Crippen LogP contribution in [0.2, 0.25) is 0 Å². The van der Waals surface area contributed by atoms with E-state index < -0.39 is 0 Å². The van der Waals surface area contributed by atoms with Gasteiger partial charge in [-0.25, -0.2) is 0 Å². The smallest absolute Gasteiger partial charge is 0.233 e. The van der Waals surface area contributed by atoms with Gasteiger partial charge in [-0.05, 0) is 31.4 Å². The molecular weight excluding hydrogens is 242 g/mol. The number of nitrogens with one attached hydrogen (secondary N) is 1. The predicted octanol–water partition coefficient (Wildman–Crippen LogP) is 3.19. The molecular formula is C12H22ClNOS. The van der Waals surface area contributed by atoms with Crippen molar-refractivity contribution < 1.29 is 4.79 Å². The summed E-state index contributed by atoms with van der Waals surface area (Å²) in [5.74, 6) is 2.15. The van der Waals surface area contributed by atoms with Crippen molar-refractivity contribution in [3.63, 3.8) is 0 Å². The molecule has 1 unspecified atom stereocenters. The molecule has 1 saturated heterocycles. The van der Waals surface area contributed by atoms with E-state index >= 15 is 0 Å². The quantitative estimate of drug-likeness (QED) is 0.565. The van der Waals surface area contributed by atoms with E-state index in [-0.39, 0.29) is 11.2 Å². The number of thioether (sulfide) groups is 1. The second kappa shape index (κ2) is 9.17. The number of alkyl halides is 1. The lowest BCUT2D eigenvalue weighted by molar-refractivity contribution is -0.120. The van der Waals surface area contributed by atoms with Crippen molar-refractivity contribution in [1.29, 1.82) is 0 Å². The fourth-order valence-electron chi connectivity index (χ4n) is 1.85. The van der Waals surface area contributed by atoms with E-state index in [1.807, 2.05) is 11.8 Å². The molecule has 0 aromatic rings. The van der Waals surface area contributed by atoms with Crippen LogP contribution in [0.5, 0.6) is 0 Å². The van der Waals surface area contributed by atoms with Crippen LogP contribution in [0.3, 0.4) is 0 Å². The Morgan fingerprint density at radius 3 is 2.75 bits per heavy atom. The molecule has 0 spiro atoms. The summed E-state index contributed by atoms with van der Waals surface area (Å²) in [7, 11) is 0. The summed E-state index contributed by atoms with van der Waals surface area (Å²) >= 11 is 7.41. The highest BCUT2D eigenvalue weighted by Crippen LogP contribution is 2.24. The van der Waals surface area contributed by atoms with Gasteiger partial charge in [0.25, 0.3) is 0 Å². The van der Waals surface area contributed by atoms with Crippen LogP contribution in [0.1, 0.15) is 44.9 Å². The molecule has 4 heteroatoms. The molecule has 0 radical (unpaired) electrons. The van der Waals surface area contributed by atoms with E-state index in [0.29, 0.717) is 0 Å². The minimum atomic E-state index is 0.219. The molecule has 94 valence electrons. The van der Waals surface area contributed by atoms with Crippen molar-refractivity contribution in [2.45, 2.75) is 50.2 Å². The van der Waals surface area contributed by atoms with E-state index in [2.05, 4.69) is 5.32 Å². The standard InChI is InChI=1S/C12H22ClNOS/c13-8-4-1-2-5-9-14-12(15)11-7-3-6-10-16-11/h11H,1-10H2,(H,14,15). The minimum absolute atomic E-state index is 0.219. The molecule has 1 amide bonds. The van der Waals surface area contributed by atoms with E-state index in [4.69, 9.17) is 11.6 Å². The highest BCUT2D eigenvalue weighted by Gasteiger charge is 2.20. The van der Waals surface area contributed by atoms with E-state index in [1.54, 1.807) is 0 Å². The summed E-state index contributed by atoms with van der Waals surface area (Å²) < 4.78 is 0. The number of carbonyl (C=O) groups is 1. The SMILES string of the molecule is O=C(NCCCCCCCl)C1CCCCS1. The maximum atomic E-state index is 11.7. The Bertz CT molecular complexity index is 195. The van der Waals surface area contributed by atoms with Gasteiger partial charge < -0.3 is 5.32 Å². The maximum Gasteiger partial charge on any atom is 0.233 e. The summed E-state index contributed by atoms with van der Waals surface area (Å²) in [6.07, 6.45) is 8.06. The van der Waals surface area contributed by atoms with Crippen LogP contribution in [0.25, 0.3) is 0 Å². The van der Waals surface area contributed by atoms with Gasteiger partial charge in [0.2, 0.25) is 5.91 Å². The highest BCUT2D eigenvalue weighted by atomic mass is 35.5. The van der Waals surface area contributed by atoms with Crippen molar-refractivity contribution in [1.82, 2.24) is 5.32 Å². The zero-order valence-corrected chi connectivity index (χ0v) is 11.4. The van der Waals surface area contributed by atoms with Crippen LogP contribution in [0.15, 0.2) is 0 Å². The number of hydrogen-bond donors (Lipinski definition) is 1. The van der Waals surface area contributed by atoms with E-state index in [0.717, 1.165) is 37.4 Å². The average Bonchev–Trinajstić information content (AvgIpc) is 2.34. The van der Waals surface area contributed by atoms with Crippen molar-refractivity contribution in [3.8, 4) is 0 Å². The molecule has 0 aromatic heterocycles. The summed E-state index contributed by atoms with van der Waals surface area (Å²) in [5, 5.41) is 3.26. The lowest BCUT2D eigenvalue weighted by Gasteiger charge is -2.20. The third-order valence-corrected chi connectivity index (χ3v) is 4.48. The van der Waals surface area contributed by atoms with Crippen molar-refractivity contribution in [2.75, 3.05) is 18.2 Å². The van der Waals surface area contributed by atoms with E-state index in [9.17, 15) is 4.79 Å². The van der Waals surface area contributed by atoms with Gasteiger partial charge in [0.05, 0.1) is 5.25 Å². The van der Waals surface area contributed by atoms with Crippen LogP contribution >= 0.6 is 23.4 Å². The van der Waals surface area contributed by atoms with Gasteiger partial charge in [-0.15, -0.1) is 23.4 Å². The molecule has 16 heavy (non-hydrogen) atoms. The first-order chi connectivity index (χ1) is 7.84. The Hall–Kier alpha value is 0.110. The van der Waals surface area contributed by atoms with Crippen LogP contribution in [0.4, 0.5) is 0 Å². The molecule has 1 atom stereocenters. The number of rotatable bonds is 7. The van der Waals surface area contributed by atoms with Gasteiger partial charge in [0.15, 0.2) is 0 Å². The van der Waals surface area contributed by atoms with Gasteiger partial charge in [-0.2, -0.15) is 0 Å². The first-order valence-electron chi connectivity index (χ1n) is 6.30. The maximum absolute atomic E-state index is 11.7. The number of unbranched alkanes of at least 4 members (excludes halogenated alkanes) is 3. The van der Waals surface area contributed by atoms with Gasteiger partial charge >= 0.3 is 0 Å². The van der Waals surface area contributed by atoms with Crippen molar-refractivity contribution in [3.05, 3.63) is 0 Å². The first-order valence-corrected chi connectivity index (χ1v) is 7.88. The fourth-order valence-corrected chi connectivity index (χ4v) is 3.26. The fraction of sp³-hybridized carbons (Fsp3) is 0.917. The zero-order chi connectivity index (χ0) is 11.6. The molecule has 1 aliphatic rings. The monoisotopic (exact) mass is 263 g/mol. The molecule has 0 saturated carbocycles. The lowest BCUT2D eigenvalue weighted by atomic mass is 10.1. The molecule has 1 rings (SSSR count). The lowest BCUT2D eigenvalue weighted by Crippen LogP contribution is -2.34. The molecule has 0 bridgehead atoms. The van der Waals surface area contributed by atoms with Crippen LogP contribution < -0.4 is 5.32 Å². The summed E-state index contributed by atoms with van der Waals surface area (Å²) in [4.78, 5) is 11.7. The molecule has 1 N–H and O–H groups in total. The summed E-state index contributed by atoms with van der Waals surface area (Å²) in [6.45, 7) is 0.832. The Morgan fingerprint density at radius 2 is 2.06 bits per heavy atom. The van der Waals surface area contributed by atoms with Crippen LogP contribution in [-0.2, 0) is 4.79 Å². The van der Waals surface area contributed by atoms with Gasteiger partial charge in [-0.1, -0.05) is 19.3 Å². The van der Waals surface area contributed by atoms with Gasteiger partial charge in [-0.3, -0.25) is 4.79 Å². The largest absolute Gasteiger partial charge is 0.355 e. The number of hydrogen-bond acceptors (Lipinski definition) is 2. The molecule has 0 aromatic carbocycles. The normalized spacial score (nSPS) is 20.7. The highest BCUT2D eigenvalue weighted by molar-refractivity contribution is 8.00. The number of amides is 1. The minimum Gasteiger partial charge on any atom is -0.355 e. The Labute approximate surface area is 108 Å². The molecule has 1 heterocycles. The predicted molar refractivity (Wildman–Crippen MR) is 72.3 cm³/mol. The van der Waals surface area contributed by atoms with Gasteiger partial charge in [0, 0.05) is 12.4 Å². The van der Waals surface area contributed by atoms with Crippen molar-refractivity contribution in [2.24, 2.45) is 0 Å². The van der Waals surface area contributed by atoms with Crippen LogP contribution in [0, 0.1) is 0 Å². The molecule has 1 fully saturated rings. The third-order valence-electron chi connectivity index (χ3n) is 2.83. The summed E-state index contributed by atoms with van der Waals surface area (Å²) in [6, 6.07) is 0. The Kier molecular flexibility index (Phi) is 8.12. The van der Waals surface area contributed by atoms with Crippen molar-refractivity contribution >= 4 is 29.3 Å². The number of halogens is 1. The molecule has 1 aliphatic heterocycles. The third kappa shape index (κ3) is 6.00. The molecule has 0 aliphatic carbocycles. The Morgan fingerprint density at radius 1 is 1.25 bits per heavy atom. The van der Waals surface area contributed by atoms with Crippen LogP contribution in [-0.4, -0.2) is 29.3 Å². The second-order valence-corrected chi connectivity index (χ2v) is 5.94. The Balaban J connectivity index is 1.97. The number of carbonyl (C=O) groups excluding carboxylic acids is 1. The second-order valence-electron chi connectivity index (χ2n) is 4.25. The first kappa shape index (κ1) is 14.2. The zero-order valence-electron chi connectivity index (χ0n) is 9.84. The average molecular weight is 264 g/mol. The van der Waals surface area contributed by atoms with Gasteiger partial charge in [0.1, 0.15) is 0 Å². The topological polar surface area (TPSA) is 29.1 Å². The molecule has 2 nitrogen and oxygen atoms in total. The summed E-state index contributed by atoms with van der Waals surface area (Å²) in [5.41, 5.74) is 0.